The van der Waals surface area contributed by atoms with Crippen LogP contribution in [-0.4, -0.2) is 44.5 Å². The van der Waals surface area contributed by atoms with Crippen LogP contribution in [0.25, 0.3) is 0 Å². The molecule has 1 aliphatic carbocycles. The van der Waals surface area contributed by atoms with E-state index >= 15 is 0 Å². The van der Waals surface area contributed by atoms with E-state index in [2.05, 4.69) is 15.5 Å². The number of fused-ring (bicyclic) bond motifs is 1. The number of hydrogen-bond donors (Lipinski definition) is 2. The molecule has 3 rings (SSSR count). The summed E-state index contributed by atoms with van der Waals surface area (Å²) in [6.45, 7) is 2.31. The summed E-state index contributed by atoms with van der Waals surface area (Å²) < 4.78 is 13.2. The second kappa shape index (κ2) is 7.19. The maximum Gasteiger partial charge on any atom is 0.227 e. The standard InChI is InChI=1S/C19H28FN3O/c1-23(2)17(14-6-8-16(20)9-7-14)12-22-18(24)19-10-4-3-5-15(19)11-21-13-19/h6-9,15,17,21H,3-5,10-13H2,1-2H3,(H,22,24)/t15-,17?,19+/m0/s1. The number of nitrogens with zero attached hydrogens (tertiary/aromatic N) is 1. The highest BCUT2D eigenvalue weighted by Crippen LogP contribution is 2.43. The van der Waals surface area contributed by atoms with E-state index < -0.39 is 0 Å². The Balaban J connectivity index is 1.68. The fourth-order valence-electron chi connectivity index (χ4n) is 4.34. The van der Waals surface area contributed by atoms with Crippen molar-refractivity contribution < 1.29 is 9.18 Å². The van der Waals surface area contributed by atoms with Crippen LogP contribution in [0.15, 0.2) is 24.3 Å². The lowest BCUT2D eigenvalue weighted by Crippen LogP contribution is -2.49. The van der Waals surface area contributed by atoms with Gasteiger partial charge in [0.2, 0.25) is 5.91 Å². The van der Waals surface area contributed by atoms with Gasteiger partial charge in [-0.1, -0.05) is 25.0 Å². The normalized spacial score (nSPS) is 27.8. The second-order valence-corrected chi connectivity index (χ2v) is 7.47. The lowest BCUT2D eigenvalue weighted by Gasteiger charge is -2.37. The average Bonchev–Trinajstić information content (AvgIpc) is 3.01. The molecule has 0 radical (unpaired) electrons. The lowest BCUT2D eigenvalue weighted by atomic mass is 9.67. The average molecular weight is 333 g/mol. The largest absolute Gasteiger partial charge is 0.354 e. The molecule has 132 valence electrons. The Hall–Kier alpha value is -1.46. The van der Waals surface area contributed by atoms with Crippen LogP contribution in [0.1, 0.15) is 37.3 Å². The van der Waals surface area contributed by atoms with Gasteiger partial charge < -0.3 is 15.5 Å². The van der Waals surface area contributed by atoms with E-state index in [9.17, 15) is 9.18 Å². The third-order valence-electron chi connectivity index (χ3n) is 5.82. The Bertz CT molecular complexity index is 574. The van der Waals surface area contributed by atoms with Crippen molar-refractivity contribution in [1.82, 2.24) is 15.5 Å². The molecule has 2 N–H and O–H groups in total. The molecular formula is C19H28FN3O. The summed E-state index contributed by atoms with van der Waals surface area (Å²) in [4.78, 5) is 15.1. The number of likely N-dealkylation sites (N-methyl/N-ethyl adjacent to an activating group) is 1. The van der Waals surface area contributed by atoms with Crippen molar-refractivity contribution in [3.8, 4) is 0 Å². The molecule has 1 aliphatic heterocycles. The maximum absolute atomic E-state index is 13.2. The SMILES string of the molecule is CN(C)C(CNC(=O)[C@@]12CCCC[C@H]1CNC2)c1ccc(F)cc1. The van der Waals surface area contributed by atoms with Crippen LogP contribution in [0.5, 0.6) is 0 Å². The Morgan fingerprint density at radius 1 is 1.38 bits per heavy atom. The van der Waals surface area contributed by atoms with Gasteiger partial charge in [-0.3, -0.25) is 4.79 Å². The van der Waals surface area contributed by atoms with E-state index in [0.717, 1.165) is 37.9 Å². The molecule has 5 heteroatoms. The Kier molecular flexibility index (Phi) is 5.21. The predicted octanol–water partition coefficient (Wildman–Crippen LogP) is 2.32. The van der Waals surface area contributed by atoms with Gasteiger partial charge in [0.15, 0.2) is 0 Å². The first-order valence-electron chi connectivity index (χ1n) is 8.94. The molecule has 1 saturated carbocycles. The van der Waals surface area contributed by atoms with Crippen molar-refractivity contribution in [3.05, 3.63) is 35.6 Å². The summed E-state index contributed by atoms with van der Waals surface area (Å²) in [5, 5.41) is 6.62. The topological polar surface area (TPSA) is 44.4 Å². The summed E-state index contributed by atoms with van der Waals surface area (Å²) in [6.07, 6.45) is 4.51. The van der Waals surface area contributed by atoms with Crippen LogP contribution in [0.4, 0.5) is 4.39 Å². The molecule has 0 spiro atoms. The quantitative estimate of drug-likeness (QED) is 0.869. The summed E-state index contributed by atoms with van der Waals surface area (Å²) in [7, 11) is 3.97. The van der Waals surface area contributed by atoms with Crippen molar-refractivity contribution >= 4 is 5.91 Å². The molecule has 4 nitrogen and oxygen atoms in total. The minimum absolute atomic E-state index is 0.0438. The number of amides is 1. The van der Waals surface area contributed by atoms with Gasteiger partial charge in [0.05, 0.1) is 11.5 Å². The number of carbonyl (C=O) groups excluding carboxylic acids is 1. The predicted molar refractivity (Wildman–Crippen MR) is 93.1 cm³/mol. The molecule has 1 aromatic rings. The third-order valence-corrected chi connectivity index (χ3v) is 5.82. The van der Waals surface area contributed by atoms with Gasteiger partial charge in [0.25, 0.3) is 0 Å². The van der Waals surface area contributed by atoms with Crippen molar-refractivity contribution in [2.24, 2.45) is 11.3 Å². The summed E-state index contributed by atoms with van der Waals surface area (Å²) >= 11 is 0. The first-order chi connectivity index (χ1) is 11.5. The molecular weight excluding hydrogens is 305 g/mol. The van der Waals surface area contributed by atoms with Crippen LogP contribution >= 0.6 is 0 Å². The van der Waals surface area contributed by atoms with Crippen LogP contribution in [0.2, 0.25) is 0 Å². The Morgan fingerprint density at radius 2 is 2.12 bits per heavy atom. The minimum Gasteiger partial charge on any atom is -0.354 e. The van der Waals surface area contributed by atoms with Crippen molar-refractivity contribution in [1.29, 1.82) is 0 Å². The molecule has 1 amide bonds. The van der Waals surface area contributed by atoms with E-state index in [1.54, 1.807) is 12.1 Å². The molecule has 24 heavy (non-hydrogen) atoms. The fourth-order valence-corrected chi connectivity index (χ4v) is 4.34. The molecule has 1 aromatic carbocycles. The van der Waals surface area contributed by atoms with Crippen LogP contribution < -0.4 is 10.6 Å². The lowest BCUT2D eigenvalue weighted by molar-refractivity contribution is -0.134. The molecule has 3 atom stereocenters. The van der Waals surface area contributed by atoms with Crippen molar-refractivity contribution in [2.75, 3.05) is 33.7 Å². The number of carbonyl (C=O) groups is 1. The molecule has 2 aliphatic rings. The summed E-state index contributed by atoms with van der Waals surface area (Å²) in [5.41, 5.74) is 0.793. The van der Waals surface area contributed by atoms with Gasteiger partial charge in [0, 0.05) is 13.1 Å². The highest BCUT2D eigenvalue weighted by Gasteiger charge is 2.49. The number of benzene rings is 1. The first kappa shape index (κ1) is 17.4. The van der Waals surface area contributed by atoms with E-state index in [4.69, 9.17) is 0 Å². The molecule has 1 unspecified atom stereocenters. The van der Waals surface area contributed by atoms with Crippen molar-refractivity contribution in [2.45, 2.75) is 31.7 Å². The van der Waals surface area contributed by atoms with E-state index in [0.29, 0.717) is 12.5 Å². The van der Waals surface area contributed by atoms with Crippen LogP contribution in [-0.2, 0) is 4.79 Å². The molecule has 1 heterocycles. The highest BCUT2D eigenvalue weighted by atomic mass is 19.1. The van der Waals surface area contributed by atoms with Gasteiger partial charge >= 0.3 is 0 Å². The van der Waals surface area contributed by atoms with Gasteiger partial charge in [-0.05, 0) is 57.1 Å². The fraction of sp³-hybridized carbons (Fsp3) is 0.632. The Labute approximate surface area is 143 Å². The smallest absolute Gasteiger partial charge is 0.227 e. The zero-order valence-electron chi connectivity index (χ0n) is 14.6. The molecule has 0 aromatic heterocycles. The molecule has 2 fully saturated rings. The number of rotatable bonds is 5. The van der Waals surface area contributed by atoms with E-state index in [1.165, 1.54) is 18.6 Å². The minimum atomic E-state index is -0.235. The maximum atomic E-state index is 13.2. The summed E-state index contributed by atoms with van der Waals surface area (Å²) in [5.74, 6) is 0.419. The van der Waals surface area contributed by atoms with Crippen LogP contribution in [0.3, 0.4) is 0 Å². The zero-order valence-corrected chi connectivity index (χ0v) is 14.6. The van der Waals surface area contributed by atoms with Gasteiger partial charge in [-0.15, -0.1) is 0 Å². The van der Waals surface area contributed by atoms with Crippen molar-refractivity contribution in [3.63, 3.8) is 0 Å². The number of halogens is 1. The summed E-state index contributed by atoms with van der Waals surface area (Å²) in [6, 6.07) is 6.59. The number of nitrogens with one attached hydrogen (secondary N) is 2. The number of hydrogen-bond acceptors (Lipinski definition) is 3. The molecule has 0 bridgehead atoms. The first-order valence-corrected chi connectivity index (χ1v) is 8.94. The van der Waals surface area contributed by atoms with Gasteiger partial charge in [0.1, 0.15) is 5.82 Å². The van der Waals surface area contributed by atoms with E-state index in [-0.39, 0.29) is 23.2 Å². The highest BCUT2D eigenvalue weighted by molar-refractivity contribution is 5.84. The van der Waals surface area contributed by atoms with E-state index in [1.807, 2.05) is 14.1 Å². The second-order valence-electron chi connectivity index (χ2n) is 7.47. The Morgan fingerprint density at radius 3 is 2.83 bits per heavy atom. The third kappa shape index (κ3) is 3.33. The van der Waals surface area contributed by atoms with Crippen LogP contribution in [0, 0.1) is 17.2 Å². The van der Waals surface area contributed by atoms with Gasteiger partial charge in [-0.2, -0.15) is 0 Å². The van der Waals surface area contributed by atoms with Gasteiger partial charge in [-0.25, -0.2) is 4.39 Å². The molecule has 1 saturated heterocycles. The monoisotopic (exact) mass is 333 g/mol. The zero-order chi connectivity index (χ0) is 17.2.